The highest BCUT2D eigenvalue weighted by Gasteiger charge is 2.19. The van der Waals surface area contributed by atoms with Crippen LogP contribution in [0.3, 0.4) is 0 Å². The van der Waals surface area contributed by atoms with Gasteiger partial charge in [-0.1, -0.05) is 37.3 Å². The number of hydrogen-bond donors (Lipinski definition) is 1. The summed E-state index contributed by atoms with van der Waals surface area (Å²) in [4.78, 5) is 11.5. The van der Waals surface area contributed by atoms with E-state index in [1.807, 2.05) is 36.4 Å². The molecule has 2 rings (SSSR count). The van der Waals surface area contributed by atoms with E-state index in [-0.39, 0.29) is 11.8 Å². The molecule has 1 aromatic heterocycles. The van der Waals surface area contributed by atoms with E-state index < -0.39 is 5.97 Å². The first-order chi connectivity index (χ1) is 9.76. The largest absolute Gasteiger partial charge is 0.463 e. The van der Waals surface area contributed by atoms with Crippen molar-refractivity contribution in [1.29, 1.82) is 0 Å². The minimum absolute atomic E-state index is 0.0606. The predicted molar refractivity (Wildman–Crippen MR) is 76.6 cm³/mol. The average Bonchev–Trinajstić information content (AvgIpc) is 2.98. The molecule has 0 saturated carbocycles. The highest BCUT2D eigenvalue weighted by atomic mass is 16.5. The zero-order chi connectivity index (χ0) is 14.4. The fourth-order valence-corrected chi connectivity index (χ4v) is 2.04. The Morgan fingerprint density at radius 3 is 2.65 bits per heavy atom. The molecule has 0 aliphatic heterocycles. The van der Waals surface area contributed by atoms with E-state index in [4.69, 9.17) is 4.42 Å². The van der Waals surface area contributed by atoms with E-state index in [2.05, 4.69) is 17.0 Å². The van der Waals surface area contributed by atoms with Crippen LogP contribution in [0.4, 0.5) is 0 Å². The molecule has 1 atom stereocenters. The Labute approximate surface area is 118 Å². The van der Waals surface area contributed by atoms with E-state index in [0.29, 0.717) is 5.76 Å². The first kappa shape index (κ1) is 14.3. The van der Waals surface area contributed by atoms with Crippen molar-refractivity contribution >= 4 is 5.97 Å². The Hall–Kier alpha value is -2.07. The lowest BCUT2D eigenvalue weighted by Gasteiger charge is -2.16. The topological polar surface area (TPSA) is 51.5 Å². The van der Waals surface area contributed by atoms with Crippen LogP contribution in [-0.4, -0.2) is 19.6 Å². The Kier molecular flexibility index (Phi) is 4.96. The van der Waals surface area contributed by atoms with E-state index in [9.17, 15) is 4.79 Å². The summed E-state index contributed by atoms with van der Waals surface area (Å²) in [6.45, 7) is 2.98. The predicted octanol–water partition coefficient (Wildman–Crippen LogP) is 3.16. The standard InChI is InChI=1S/C16H19NO3/c1-3-11-17-15(12-7-5-4-6-8-12)13-9-10-14(20-13)16(18)19-2/h4-10,15,17H,3,11H2,1-2H3. The van der Waals surface area contributed by atoms with Gasteiger partial charge in [0.1, 0.15) is 5.76 Å². The maximum Gasteiger partial charge on any atom is 0.373 e. The van der Waals surface area contributed by atoms with Crippen LogP contribution < -0.4 is 5.32 Å². The van der Waals surface area contributed by atoms with Crippen molar-refractivity contribution in [1.82, 2.24) is 5.32 Å². The van der Waals surface area contributed by atoms with E-state index >= 15 is 0 Å². The molecule has 0 amide bonds. The van der Waals surface area contributed by atoms with Gasteiger partial charge in [-0.15, -0.1) is 0 Å². The number of carbonyl (C=O) groups excluding carboxylic acids is 1. The number of ether oxygens (including phenoxy) is 1. The molecule has 0 aliphatic rings. The summed E-state index contributed by atoms with van der Waals surface area (Å²) in [6, 6.07) is 13.4. The Bertz CT molecular complexity index is 548. The summed E-state index contributed by atoms with van der Waals surface area (Å²) in [5, 5.41) is 3.43. The Balaban J connectivity index is 2.27. The summed E-state index contributed by atoms with van der Waals surface area (Å²) >= 11 is 0. The van der Waals surface area contributed by atoms with Gasteiger partial charge in [-0.3, -0.25) is 0 Å². The number of nitrogens with one attached hydrogen (secondary N) is 1. The second kappa shape index (κ2) is 6.91. The molecule has 0 spiro atoms. The third-order valence-corrected chi connectivity index (χ3v) is 3.03. The number of benzene rings is 1. The fourth-order valence-electron chi connectivity index (χ4n) is 2.04. The smallest absolute Gasteiger partial charge is 0.373 e. The molecule has 1 heterocycles. The van der Waals surface area contributed by atoms with Crippen molar-refractivity contribution in [2.45, 2.75) is 19.4 Å². The Morgan fingerprint density at radius 2 is 2.00 bits per heavy atom. The first-order valence-corrected chi connectivity index (χ1v) is 6.72. The lowest BCUT2D eigenvalue weighted by Crippen LogP contribution is -2.22. The number of hydrogen-bond acceptors (Lipinski definition) is 4. The number of furan rings is 1. The third-order valence-electron chi connectivity index (χ3n) is 3.03. The summed E-state index contributed by atoms with van der Waals surface area (Å²) < 4.78 is 10.3. The minimum Gasteiger partial charge on any atom is -0.463 e. The monoisotopic (exact) mass is 273 g/mol. The van der Waals surface area contributed by atoms with Crippen molar-refractivity contribution in [3.05, 3.63) is 59.5 Å². The van der Waals surface area contributed by atoms with Crippen LogP contribution in [0.5, 0.6) is 0 Å². The molecule has 0 saturated heterocycles. The van der Waals surface area contributed by atoms with Gasteiger partial charge in [0.2, 0.25) is 5.76 Å². The molecule has 0 fully saturated rings. The molecule has 4 heteroatoms. The van der Waals surface area contributed by atoms with Gasteiger partial charge in [0.25, 0.3) is 0 Å². The van der Waals surface area contributed by atoms with Crippen LogP contribution in [0.2, 0.25) is 0 Å². The van der Waals surface area contributed by atoms with Crippen LogP contribution in [0.1, 0.15) is 41.3 Å². The second-order valence-electron chi connectivity index (χ2n) is 4.49. The number of rotatable bonds is 6. The summed E-state index contributed by atoms with van der Waals surface area (Å²) in [5.74, 6) is 0.477. The zero-order valence-corrected chi connectivity index (χ0v) is 11.8. The molecule has 20 heavy (non-hydrogen) atoms. The maximum atomic E-state index is 11.5. The second-order valence-corrected chi connectivity index (χ2v) is 4.49. The number of methoxy groups -OCH3 is 1. The summed E-state index contributed by atoms with van der Waals surface area (Å²) in [5.41, 5.74) is 1.10. The molecule has 0 bridgehead atoms. The Morgan fingerprint density at radius 1 is 1.25 bits per heavy atom. The van der Waals surface area contributed by atoms with Crippen LogP contribution in [-0.2, 0) is 4.74 Å². The van der Waals surface area contributed by atoms with Crippen molar-refractivity contribution in [3.63, 3.8) is 0 Å². The van der Waals surface area contributed by atoms with Crippen molar-refractivity contribution in [3.8, 4) is 0 Å². The first-order valence-electron chi connectivity index (χ1n) is 6.72. The van der Waals surface area contributed by atoms with Crippen molar-refractivity contribution < 1.29 is 13.9 Å². The molecule has 106 valence electrons. The number of esters is 1. The van der Waals surface area contributed by atoms with Gasteiger partial charge >= 0.3 is 5.97 Å². The third kappa shape index (κ3) is 3.27. The molecule has 2 aromatic rings. The van der Waals surface area contributed by atoms with Gasteiger partial charge in [0.15, 0.2) is 0 Å². The summed E-state index contributed by atoms with van der Waals surface area (Å²) in [7, 11) is 1.34. The van der Waals surface area contributed by atoms with Crippen LogP contribution in [0, 0.1) is 0 Å². The van der Waals surface area contributed by atoms with Crippen molar-refractivity contribution in [2.75, 3.05) is 13.7 Å². The van der Waals surface area contributed by atoms with E-state index in [1.54, 1.807) is 6.07 Å². The van der Waals surface area contributed by atoms with E-state index in [1.165, 1.54) is 7.11 Å². The molecule has 4 nitrogen and oxygen atoms in total. The lowest BCUT2D eigenvalue weighted by molar-refractivity contribution is 0.0562. The van der Waals surface area contributed by atoms with Gasteiger partial charge in [0.05, 0.1) is 13.2 Å². The molecule has 1 unspecified atom stereocenters. The van der Waals surface area contributed by atoms with Gasteiger partial charge in [-0.2, -0.15) is 0 Å². The maximum absolute atomic E-state index is 11.5. The lowest BCUT2D eigenvalue weighted by atomic mass is 10.0. The molecule has 1 aromatic carbocycles. The molecular weight excluding hydrogens is 254 g/mol. The minimum atomic E-state index is -0.460. The number of carbonyl (C=O) groups is 1. The molecule has 1 N–H and O–H groups in total. The van der Waals surface area contributed by atoms with Crippen LogP contribution in [0.25, 0.3) is 0 Å². The quantitative estimate of drug-likeness (QED) is 0.821. The fraction of sp³-hybridized carbons (Fsp3) is 0.312. The zero-order valence-electron chi connectivity index (χ0n) is 11.8. The van der Waals surface area contributed by atoms with Gasteiger partial charge in [-0.05, 0) is 30.7 Å². The highest BCUT2D eigenvalue weighted by molar-refractivity contribution is 5.86. The average molecular weight is 273 g/mol. The van der Waals surface area contributed by atoms with Gasteiger partial charge in [-0.25, -0.2) is 4.79 Å². The van der Waals surface area contributed by atoms with Crippen LogP contribution >= 0.6 is 0 Å². The van der Waals surface area contributed by atoms with Gasteiger partial charge in [0, 0.05) is 0 Å². The van der Waals surface area contributed by atoms with Gasteiger partial charge < -0.3 is 14.5 Å². The SMILES string of the molecule is CCCNC(c1ccccc1)c1ccc(C(=O)OC)o1. The van der Waals surface area contributed by atoms with Crippen molar-refractivity contribution in [2.24, 2.45) is 0 Å². The molecular formula is C16H19NO3. The molecule has 0 aliphatic carbocycles. The highest BCUT2D eigenvalue weighted by Crippen LogP contribution is 2.24. The normalized spacial score (nSPS) is 12.1. The van der Waals surface area contributed by atoms with Crippen LogP contribution in [0.15, 0.2) is 46.9 Å². The van der Waals surface area contributed by atoms with E-state index in [0.717, 1.165) is 18.5 Å². The summed E-state index contributed by atoms with van der Waals surface area (Å²) in [6.07, 6.45) is 1.02. The molecule has 0 radical (unpaired) electrons.